The zero-order valence-corrected chi connectivity index (χ0v) is 14.0. The Morgan fingerprint density at radius 3 is 2.36 bits per heavy atom. The number of hydrogen-bond donors (Lipinski definition) is 3. The maximum atomic E-state index is 12.4. The van der Waals surface area contributed by atoms with Crippen molar-refractivity contribution in [1.82, 2.24) is 20.9 Å². The zero-order valence-electron chi connectivity index (χ0n) is 14.0. The highest BCUT2D eigenvalue weighted by atomic mass is 16.5. The van der Waals surface area contributed by atoms with Gasteiger partial charge in [0.2, 0.25) is 0 Å². The standard InChI is InChI=1S/C17H21N5O3/c1-11(13-4-2-12(10-18)3-5-13)19-15-20-16(23)22(17(24)21-15)14-6-8-25-9-7-14/h2-5,11,14-15,19H,6-9H2,1H3,(H,20,23)(H,21,24)/t11-/m0/s1. The third kappa shape index (κ3) is 3.90. The van der Waals surface area contributed by atoms with Crippen molar-refractivity contribution < 1.29 is 14.3 Å². The molecule has 1 atom stereocenters. The molecule has 2 heterocycles. The molecule has 0 aromatic heterocycles. The van der Waals surface area contributed by atoms with E-state index < -0.39 is 18.4 Å². The fourth-order valence-corrected chi connectivity index (χ4v) is 3.07. The maximum absolute atomic E-state index is 12.4. The summed E-state index contributed by atoms with van der Waals surface area (Å²) in [6, 6.07) is 8.17. The van der Waals surface area contributed by atoms with Gasteiger partial charge < -0.3 is 15.4 Å². The van der Waals surface area contributed by atoms with Crippen LogP contribution in [0, 0.1) is 11.3 Å². The molecule has 3 rings (SSSR count). The number of nitriles is 1. The number of nitrogens with one attached hydrogen (secondary N) is 3. The van der Waals surface area contributed by atoms with E-state index in [4.69, 9.17) is 10.00 Å². The largest absolute Gasteiger partial charge is 0.381 e. The van der Waals surface area contributed by atoms with Gasteiger partial charge in [-0.2, -0.15) is 5.26 Å². The fraction of sp³-hybridized carbons (Fsp3) is 0.471. The second-order valence-corrected chi connectivity index (χ2v) is 6.17. The van der Waals surface area contributed by atoms with Crippen molar-refractivity contribution in [2.24, 2.45) is 0 Å². The van der Waals surface area contributed by atoms with Crippen molar-refractivity contribution >= 4 is 12.1 Å². The number of imide groups is 1. The minimum absolute atomic E-state index is 0.118. The Bertz CT molecular complexity index is 661. The minimum atomic E-state index is -0.651. The van der Waals surface area contributed by atoms with Crippen LogP contribution in [0.2, 0.25) is 0 Å². The van der Waals surface area contributed by atoms with Gasteiger partial charge in [-0.15, -0.1) is 0 Å². The lowest BCUT2D eigenvalue weighted by molar-refractivity contribution is 0.0492. The van der Waals surface area contributed by atoms with E-state index in [0.717, 1.165) is 5.56 Å². The molecule has 1 aromatic carbocycles. The summed E-state index contributed by atoms with van der Waals surface area (Å²) in [5.41, 5.74) is 1.54. The average Bonchev–Trinajstić information content (AvgIpc) is 2.62. The molecule has 2 aliphatic rings. The van der Waals surface area contributed by atoms with Gasteiger partial charge in [-0.05, 0) is 37.5 Å². The Kier molecular flexibility index (Phi) is 5.16. The van der Waals surface area contributed by atoms with E-state index >= 15 is 0 Å². The Morgan fingerprint density at radius 1 is 1.20 bits per heavy atom. The zero-order chi connectivity index (χ0) is 17.8. The first-order chi connectivity index (χ1) is 12.1. The van der Waals surface area contributed by atoms with Gasteiger partial charge in [0, 0.05) is 25.3 Å². The molecule has 2 saturated heterocycles. The smallest absolute Gasteiger partial charge is 0.328 e. The SMILES string of the molecule is C[C@H](NC1NC(=O)N(C2CCOCC2)C(=O)N1)c1ccc(C#N)cc1. The van der Waals surface area contributed by atoms with Crippen LogP contribution >= 0.6 is 0 Å². The summed E-state index contributed by atoms with van der Waals surface area (Å²) in [6.45, 7) is 3.03. The number of hydrogen-bond acceptors (Lipinski definition) is 5. The van der Waals surface area contributed by atoms with Crippen LogP contribution in [0.25, 0.3) is 0 Å². The van der Waals surface area contributed by atoms with Gasteiger partial charge in [-0.1, -0.05) is 12.1 Å². The van der Waals surface area contributed by atoms with Crippen molar-refractivity contribution in [1.29, 1.82) is 5.26 Å². The highest BCUT2D eigenvalue weighted by molar-refractivity contribution is 5.96. The lowest BCUT2D eigenvalue weighted by Gasteiger charge is -2.39. The summed E-state index contributed by atoms with van der Waals surface area (Å²) >= 11 is 0. The molecule has 2 aliphatic heterocycles. The van der Waals surface area contributed by atoms with Crippen LogP contribution in [0.5, 0.6) is 0 Å². The Balaban J connectivity index is 1.60. The molecule has 0 unspecified atom stereocenters. The summed E-state index contributed by atoms with van der Waals surface area (Å²) in [5, 5.41) is 17.5. The van der Waals surface area contributed by atoms with Gasteiger partial charge in [0.15, 0.2) is 6.29 Å². The molecule has 3 N–H and O–H groups in total. The molecular formula is C17H21N5O3. The summed E-state index contributed by atoms with van der Waals surface area (Å²) in [7, 11) is 0. The molecule has 2 fully saturated rings. The van der Waals surface area contributed by atoms with E-state index in [0.29, 0.717) is 31.6 Å². The van der Waals surface area contributed by atoms with Crippen molar-refractivity contribution in [3.05, 3.63) is 35.4 Å². The van der Waals surface area contributed by atoms with Crippen LogP contribution in [0.1, 0.15) is 36.9 Å². The van der Waals surface area contributed by atoms with Gasteiger partial charge in [0.25, 0.3) is 0 Å². The average molecular weight is 343 g/mol. The number of benzene rings is 1. The van der Waals surface area contributed by atoms with E-state index in [2.05, 4.69) is 22.0 Å². The second-order valence-electron chi connectivity index (χ2n) is 6.17. The minimum Gasteiger partial charge on any atom is -0.381 e. The molecule has 0 saturated carbocycles. The van der Waals surface area contributed by atoms with Gasteiger partial charge in [0.05, 0.1) is 11.6 Å². The van der Waals surface area contributed by atoms with Gasteiger partial charge in [0.1, 0.15) is 0 Å². The van der Waals surface area contributed by atoms with Crippen LogP contribution in [0.3, 0.4) is 0 Å². The van der Waals surface area contributed by atoms with E-state index in [1.54, 1.807) is 12.1 Å². The summed E-state index contributed by atoms with van der Waals surface area (Å²) < 4.78 is 5.28. The molecule has 25 heavy (non-hydrogen) atoms. The normalized spacial score (nSPS) is 20.6. The quantitative estimate of drug-likeness (QED) is 0.766. The van der Waals surface area contributed by atoms with Crippen LogP contribution in [0.4, 0.5) is 9.59 Å². The highest BCUT2D eigenvalue weighted by Crippen LogP contribution is 2.18. The monoisotopic (exact) mass is 343 g/mol. The van der Waals surface area contributed by atoms with Crippen LogP contribution in [0.15, 0.2) is 24.3 Å². The molecule has 4 amide bonds. The number of ether oxygens (including phenoxy) is 1. The van der Waals surface area contributed by atoms with E-state index in [9.17, 15) is 9.59 Å². The predicted molar refractivity (Wildman–Crippen MR) is 89.2 cm³/mol. The lowest BCUT2D eigenvalue weighted by atomic mass is 10.1. The first-order valence-corrected chi connectivity index (χ1v) is 8.32. The molecule has 0 spiro atoms. The molecule has 8 heteroatoms. The molecule has 0 bridgehead atoms. The molecule has 132 valence electrons. The van der Waals surface area contributed by atoms with Crippen LogP contribution < -0.4 is 16.0 Å². The first kappa shape index (κ1) is 17.2. The summed E-state index contributed by atoms with van der Waals surface area (Å²) in [6.07, 6.45) is 0.656. The molecule has 0 radical (unpaired) electrons. The number of nitrogens with zero attached hydrogens (tertiary/aromatic N) is 2. The topological polar surface area (TPSA) is 106 Å². The maximum Gasteiger partial charge on any atom is 0.328 e. The van der Waals surface area contributed by atoms with Crippen molar-refractivity contribution in [3.8, 4) is 6.07 Å². The third-order valence-corrected chi connectivity index (χ3v) is 4.49. The van der Waals surface area contributed by atoms with Crippen LogP contribution in [-0.2, 0) is 4.74 Å². The van der Waals surface area contributed by atoms with E-state index in [-0.39, 0.29) is 12.1 Å². The van der Waals surface area contributed by atoms with Gasteiger partial charge in [-0.25, -0.2) is 14.5 Å². The lowest BCUT2D eigenvalue weighted by Crippen LogP contribution is -2.70. The number of amides is 4. The summed E-state index contributed by atoms with van der Waals surface area (Å²) in [5.74, 6) is 0. The molecular weight excluding hydrogens is 322 g/mol. The van der Waals surface area contributed by atoms with Crippen molar-refractivity contribution in [3.63, 3.8) is 0 Å². The number of carbonyl (C=O) groups is 2. The third-order valence-electron chi connectivity index (χ3n) is 4.49. The number of rotatable bonds is 4. The Hall–Kier alpha value is -2.63. The van der Waals surface area contributed by atoms with Gasteiger partial charge in [-0.3, -0.25) is 5.32 Å². The molecule has 8 nitrogen and oxygen atoms in total. The highest BCUT2D eigenvalue weighted by Gasteiger charge is 2.37. The van der Waals surface area contributed by atoms with E-state index in [1.165, 1.54) is 4.90 Å². The van der Waals surface area contributed by atoms with Crippen molar-refractivity contribution in [2.45, 2.75) is 38.1 Å². The second kappa shape index (κ2) is 7.51. The molecule has 1 aromatic rings. The Labute approximate surface area is 146 Å². The fourth-order valence-electron chi connectivity index (χ4n) is 3.07. The van der Waals surface area contributed by atoms with Gasteiger partial charge >= 0.3 is 12.1 Å². The van der Waals surface area contributed by atoms with Crippen LogP contribution in [-0.4, -0.2) is 42.5 Å². The predicted octanol–water partition coefficient (Wildman–Crippen LogP) is 1.41. The van der Waals surface area contributed by atoms with Crippen molar-refractivity contribution in [2.75, 3.05) is 13.2 Å². The first-order valence-electron chi connectivity index (χ1n) is 8.32. The molecule has 0 aliphatic carbocycles. The van der Waals surface area contributed by atoms with E-state index in [1.807, 2.05) is 19.1 Å². The number of carbonyl (C=O) groups excluding carboxylic acids is 2. The summed E-state index contributed by atoms with van der Waals surface area (Å²) in [4.78, 5) is 25.9. The number of urea groups is 2. The Morgan fingerprint density at radius 2 is 1.80 bits per heavy atom.